The van der Waals surface area contributed by atoms with Gasteiger partial charge >= 0.3 is 0 Å². The zero-order chi connectivity index (χ0) is 13.8. The van der Waals surface area contributed by atoms with E-state index in [1.807, 2.05) is 17.8 Å². The molecule has 0 spiro atoms. The summed E-state index contributed by atoms with van der Waals surface area (Å²) in [6, 6.07) is 13.3. The lowest BCUT2D eigenvalue weighted by Gasteiger charge is -2.16. The standard InChI is InChI=1S/C17H21NOS/c1-13(8-9-15-6-4-10-19-15)18-12-16-11-14-5-2-3-7-17(14)20-16/h2-7,10,13,16,18H,8-9,11-12H2,1H3. The van der Waals surface area contributed by atoms with Crippen LogP contribution in [0.4, 0.5) is 0 Å². The van der Waals surface area contributed by atoms with Crippen LogP contribution in [0.1, 0.15) is 24.7 Å². The minimum Gasteiger partial charge on any atom is -0.469 e. The van der Waals surface area contributed by atoms with E-state index in [4.69, 9.17) is 4.42 Å². The molecule has 0 aliphatic carbocycles. The first kappa shape index (κ1) is 13.8. The Bertz CT molecular complexity index is 513. The van der Waals surface area contributed by atoms with Gasteiger partial charge in [0.05, 0.1) is 6.26 Å². The highest BCUT2D eigenvalue weighted by Crippen LogP contribution is 2.36. The number of thioether (sulfide) groups is 1. The lowest BCUT2D eigenvalue weighted by atomic mass is 10.1. The third-order valence-electron chi connectivity index (χ3n) is 3.81. The number of hydrogen-bond donors (Lipinski definition) is 1. The summed E-state index contributed by atoms with van der Waals surface area (Å²) in [6.07, 6.45) is 5.08. The highest BCUT2D eigenvalue weighted by molar-refractivity contribution is 8.00. The average Bonchev–Trinajstić information content (AvgIpc) is 3.11. The van der Waals surface area contributed by atoms with Gasteiger partial charge < -0.3 is 9.73 Å². The van der Waals surface area contributed by atoms with Crippen LogP contribution in [0.2, 0.25) is 0 Å². The summed E-state index contributed by atoms with van der Waals surface area (Å²) < 4.78 is 5.37. The lowest BCUT2D eigenvalue weighted by molar-refractivity contribution is 0.460. The maximum Gasteiger partial charge on any atom is 0.103 e. The first-order valence-corrected chi connectivity index (χ1v) is 8.19. The van der Waals surface area contributed by atoms with Crippen molar-refractivity contribution in [3.05, 3.63) is 54.0 Å². The molecule has 2 aromatic rings. The van der Waals surface area contributed by atoms with Gasteiger partial charge in [-0.2, -0.15) is 0 Å². The van der Waals surface area contributed by atoms with Gasteiger partial charge in [-0.3, -0.25) is 0 Å². The van der Waals surface area contributed by atoms with E-state index in [0.29, 0.717) is 11.3 Å². The molecule has 0 fully saturated rings. The van der Waals surface area contributed by atoms with Crippen LogP contribution < -0.4 is 5.32 Å². The van der Waals surface area contributed by atoms with Crippen molar-refractivity contribution in [1.29, 1.82) is 0 Å². The summed E-state index contributed by atoms with van der Waals surface area (Å²) in [4.78, 5) is 1.46. The van der Waals surface area contributed by atoms with Gasteiger partial charge in [-0.05, 0) is 43.5 Å². The molecule has 1 N–H and O–H groups in total. The van der Waals surface area contributed by atoms with E-state index in [2.05, 4.69) is 42.6 Å². The molecule has 2 heterocycles. The third-order valence-corrected chi connectivity index (χ3v) is 5.13. The largest absolute Gasteiger partial charge is 0.469 e. The molecule has 2 unspecified atom stereocenters. The maximum absolute atomic E-state index is 5.37. The van der Waals surface area contributed by atoms with Crippen LogP contribution in [-0.4, -0.2) is 17.8 Å². The molecule has 0 amide bonds. The normalized spacial score (nSPS) is 18.9. The number of aryl methyl sites for hydroxylation is 1. The van der Waals surface area contributed by atoms with Gasteiger partial charge in [0.25, 0.3) is 0 Å². The SMILES string of the molecule is CC(CCc1ccco1)NCC1Cc2ccccc2S1. The van der Waals surface area contributed by atoms with E-state index >= 15 is 0 Å². The molecule has 1 aliphatic heterocycles. The highest BCUT2D eigenvalue weighted by atomic mass is 32.2. The summed E-state index contributed by atoms with van der Waals surface area (Å²) in [5.41, 5.74) is 1.51. The van der Waals surface area contributed by atoms with Gasteiger partial charge in [-0.25, -0.2) is 0 Å². The van der Waals surface area contributed by atoms with Crippen LogP contribution >= 0.6 is 11.8 Å². The number of rotatable bonds is 6. The Morgan fingerprint density at radius 2 is 2.20 bits per heavy atom. The van der Waals surface area contributed by atoms with Gasteiger partial charge in [0.15, 0.2) is 0 Å². The molecule has 20 heavy (non-hydrogen) atoms. The van der Waals surface area contributed by atoms with Crippen molar-refractivity contribution < 1.29 is 4.42 Å². The molecular formula is C17H21NOS. The molecule has 1 aromatic carbocycles. The summed E-state index contributed by atoms with van der Waals surface area (Å²) in [7, 11) is 0. The summed E-state index contributed by atoms with van der Waals surface area (Å²) in [5, 5.41) is 4.34. The number of hydrogen-bond acceptors (Lipinski definition) is 3. The Kier molecular flexibility index (Phi) is 4.48. The zero-order valence-corrected chi connectivity index (χ0v) is 12.7. The first-order chi connectivity index (χ1) is 9.81. The molecule has 0 saturated carbocycles. The molecule has 0 radical (unpaired) electrons. The second kappa shape index (κ2) is 6.51. The van der Waals surface area contributed by atoms with Crippen molar-refractivity contribution in [3.63, 3.8) is 0 Å². The van der Waals surface area contributed by atoms with Gasteiger partial charge in [0, 0.05) is 29.2 Å². The Labute approximate surface area is 125 Å². The fourth-order valence-electron chi connectivity index (χ4n) is 2.62. The van der Waals surface area contributed by atoms with Gasteiger partial charge in [0.2, 0.25) is 0 Å². The van der Waals surface area contributed by atoms with E-state index in [-0.39, 0.29) is 0 Å². The van der Waals surface area contributed by atoms with Crippen molar-refractivity contribution >= 4 is 11.8 Å². The van der Waals surface area contributed by atoms with Crippen LogP contribution in [0.3, 0.4) is 0 Å². The summed E-state index contributed by atoms with van der Waals surface area (Å²) in [6.45, 7) is 3.34. The summed E-state index contributed by atoms with van der Waals surface area (Å²) in [5.74, 6) is 1.08. The predicted molar refractivity (Wildman–Crippen MR) is 84.3 cm³/mol. The van der Waals surface area contributed by atoms with E-state index < -0.39 is 0 Å². The number of fused-ring (bicyclic) bond motifs is 1. The number of benzene rings is 1. The van der Waals surface area contributed by atoms with Gasteiger partial charge in [0.1, 0.15) is 5.76 Å². The van der Waals surface area contributed by atoms with E-state index in [9.17, 15) is 0 Å². The van der Waals surface area contributed by atoms with Crippen LogP contribution in [0.15, 0.2) is 52.0 Å². The van der Waals surface area contributed by atoms with Crippen molar-refractivity contribution in [2.75, 3.05) is 6.54 Å². The Morgan fingerprint density at radius 3 is 3.00 bits per heavy atom. The molecule has 1 aromatic heterocycles. The molecule has 1 aliphatic rings. The lowest BCUT2D eigenvalue weighted by Crippen LogP contribution is -2.32. The maximum atomic E-state index is 5.37. The van der Waals surface area contributed by atoms with E-state index in [1.165, 1.54) is 16.9 Å². The smallest absolute Gasteiger partial charge is 0.103 e. The molecular weight excluding hydrogens is 266 g/mol. The number of furan rings is 1. The number of nitrogens with one attached hydrogen (secondary N) is 1. The van der Waals surface area contributed by atoms with Crippen molar-refractivity contribution in [1.82, 2.24) is 5.32 Å². The average molecular weight is 287 g/mol. The topological polar surface area (TPSA) is 25.2 Å². The van der Waals surface area contributed by atoms with E-state index in [0.717, 1.165) is 25.1 Å². The van der Waals surface area contributed by atoms with Crippen molar-refractivity contribution in [2.45, 2.75) is 42.4 Å². The van der Waals surface area contributed by atoms with Gasteiger partial charge in [-0.15, -0.1) is 11.8 Å². The molecule has 2 nitrogen and oxygen atoms in total. The quantitative estimate of drug-likeness (QED) is 0.872. The predicted octanol–water partition coefficient (Wildman–Crippen LogP) is 3.91. The van der Waals surface area contributed by atoms with Crippen molar-refractivity contribution in [3.8, 4) is 0 Å². The second-order valence-corrected chi connectivity index (χ2v) is 6.82. The molecule has 3 rings (SSSR count). The van der Waals surface area contributed by atoms with Crippen LogP contribution in [0.5, 0.6) is 0 Å². The molecule has 106 valence electrons. The zero-order valence-electron chi connectivity index (χ0n) is 11.8. The Morgan fingerprint density at radius 1 is 1.30 bits per heavy atom. The van der Waals surface area contributed by atoms with Crippen molar-refractivity contribution in [2.24, 2.45) is 0 Å². The molecule has 0 saturated heterocycles. The Balaban J connectivity index is 1.40. The summed E-state index contributed by atoms with van der Waals surface area (Å²) >= 11 is 2.01. The molecule has 0 bridgehead atoms. The fourth-order valence-corrected chi connectivity index (χ4v) is 3.88. The van der Waals surface area contributed by atoms with Crippen LogP contribution in [-0.2, 0) is 12.8 Å². The minimum absolute atomic E-state index is 0.532. The Hall–Kier alpha value is -1.19. The monoisotopic (exact) mass is 287 g/mol. The molecule has 2 atom stereocenters. The van der Waals surface area contributed by atoms with Crippen LogP contribution in [0.25, 0.3) is 0 Å². The first-order valence-electron chi connectivity index (χ1n) is 7.31. The third kappa shape index (κ3) is 3.47. The molecule has 3 heteroatoms. The highest BCUT2D eigenvalue weighted by Gasteiger charge is 2.21. The van der Waals surface area contributed by atoms with Crippen LogP contribution in [0, 0.1) is 0 Å². The second-order valence-electron chi connectivity index (χ2n) is 5.48. The fraction of sp³-hybridized carbons (Fsp3) is 0.412. The minimum atomic E-state index is 0.532. The van der Waals surface area contributed by atoms with Gasteiger partial charge in [-0.1, -0.05) is 18.2 Å². The van der Waals surface area contributed by atoms with E-state index in [1.54, 1.807) is 6.26 Å².